The van der Waals surface area contributed by atoms with Crippen LogP contribution in [0.2, 0.25) is 0 Å². The molecular formula is C11H13F2N. The van der Waals surface area contributed by atoms with Gasteiger partial charge in [-0.15, -0.1) is 0 Å². The van der Waals surface area contributed by atoms with Crippen LogP contribution < -0.4 is 5.73 Å². The summed E-state index contributed by atoms with van der Waals surface area (Å²) in [7, 11) is 0. The molecule has 2 atom stereocenters. The Morgan fingerprint density at radius 3 is 2.79 bits per heavy atom. The average Bonchev–Trinajstić information content (AvgIpc) is 2.83. The van der Waals surface area contributed by atoms with Crippen LogP contribution in [0.4, 0.5) is 8.78 Å². The second-order valence-corrected chi connectivity index (χ2v) is 4.16. The lowest BCUT2D eigenvalue weighted by Gasteiger charge is -2.12. The second-order valence-electron chi connectivity index (χ2n) is 4.16. The van der Waals surface area contributed by atoms with Crippen LogP contribution >= 0.6 is 0 Å². The number of hydrogen-bond donors (Lipinski definition) is 1. The normalized spacial score (nSPS) is 30.4. The molecule has 1 aliphatic carbocycles. The smallest absolute Gasteiger partial charge is 0.162 e. The molecule has 1 aromatic rings. The minimum Gasteiger partial charge on any atom is -0.330 e. The van der Waals surface area contributed by atoms with Gasteiger partial charge in [0.2, 0.25) is 0 Å². The van der Waals surface area contributed by atoms with Gasteiger partial charge in [0, 0.05) is 0 Å². The van der Waals surface area contributed by atoms with E-state index in [2.05, 4.69) is 0 Å². The van der Waals surface area contributed by atoms with Crippen molar-refractivity contribution in [3.63, 3.8) is 0 Å². The molecule has 3 heteroatoms. The lowest BCUT2D eigenvalue weighted by molar-refractivity contribution is 0.483. The van der Waals surface area contributed by atoms with E-state index in [9.17, 15) is 8.78 Å². The predicted molar refractivity (Wildman–Crippen MR) is 50.9 cm³/mol. The highest BCUT2D eigenvalue weighted by Crippen LogP contribution is 2.54. The Morgan fingerprint density at radius 1 is 1.50 bits per heavy atom. The van der Waals surface area contributed by atoms with E-state index < -0.39 is 11.6 Å². The summed E-state index contributed by atoms with van der Waals surface area (Å²) >= 11 is 0. The van der Waals surface area contributed by atoms with Crippen molar-refractivity contribution in [3.8, 4) is 0 Å². The van der Waals surface area contributed by atoms with Crippen molar-refractivity contribution in [1.29, 1.82) is 0 Å². The molecule has 1 fully saturated rings. The van der Waals surface area contributed by atoms with Crippen LogP contribution in [0.1, 0.15) is 18.9 Å². The van der Waals surface area contributed by atoms with E-state index in [0.29, 0.717) is 18.0 Å². The van der Waals surface area contributed by atoms with Crippen molar-refractivity contribution in [2.24, 2.45) is 11.7 Å². The van der Waals surface area contributed by atoms with Gasteiger partial charge >= 0.3 is 0 Å². The Bertz CT molecular complexity index is 364. The number of hydrogen-bond acceptors (Lipinski definition) is 1. The summed E-state index contributed by atoms with van der Waals surface area (Å²) in [5.41, 5.74) is 5.74. The number of rotatable bonds is 2. The van der Waals surface area contributed by atoms with Crippen molar-refractivity contribution in [1.82, 2.24) is 0 Å². The van der Waals surface area contributed by atoms with Crippen molar-refractivity contribution in [2.45, 2.75) is 18.8 Å². The van der Waals surface area contributed by atoms with E-state index >= 15 is 0 Å². The molecule has 2 rings (SSSR count). The third-order valence-corrected chi connectivity index (χ3v) is 3.26. The standard InChI is InChI=1S/C11H13F2N/c1-11(5-7(11)6-14)8-3-2-4-9(12)10(8)13/h2-4,7H,5-6,14H2,1H3. The first kappa shape index (κ1) is 9.59. The Kier molecular flexibility index (Phi) is 2.07. The molecule has 0 saturated heterocycles. The second kappa shape index (κ2) is 3.02. The summed E-state index contributed by atoms with van der Waals surface area (Å²) < 4.78 is 26.4. The SMILES string of the molecule is CC1(c2cccc(F)c2F)CC1CN. The van der Waals surface area contributed by atoms with Gasteiger partial charge in [-0.3, -0.25) is 0 Å². The third kappa shape index (κ3) is 1.23. The van der Waals surface area contributed by atoms with Gasteiger partial charge in [0.1, 0.15) is 0 Å². The molecule has 14 heavy (non-hydrogen) atoms. The van der Waals surface area contributed by atoms with Crippen LogP contribution in [0, 0.1) is 17.6 Å². The molecule has 0 bridgehead atoms. The zero-order valence-electron chi connectivity index (χ0n) is 8.06. The van der Waals surface area contributed by atoms with Gasteiger partial charge in [-0.25, -0.2) is 8.78 Å². The molecule has 0 spiro atoms. The molecule has 0 amide bonds. The van der Waals surface area contributed by atoms with Gasteiger partial charge in [-0.1, -0.05) is 19.1 Å². The Labute approximate surface area is 81.9 Å². The summed E-state index contributed by atoms with van der Waals surface area (Å²) in [6.07, 6.45) is 0.851. The zero-order valence-corrected chi connectivity index (χ0v) is 8.06. The van der Waals surface area contributed by atoms with Crippen molar-refractivity contribution >= 4 is 0 Å². The highest BCUT2D eigenvalue weighted by Gasteiger charge is 2.51. The van der Waals surface area contributed by atoms with E-state index in [4.69, 9.17) is 5.73 Å². The van der Waals surface area contributed by atoms with Crippen LogP contribution in [0.25, 0.3) is 0 Å². The third-order valence-electron chi connectivity index (χ3n) is 3.26. The molecule has 1 nitrogen and oxygen atoms in total. The van der Waals surface area contributed by atoms with E-state index in [1.54, 1.807) is 12.1 Å². The van der Waals surface area contributed by atoms with Gasteiger partial charge in [0.05, 0.1) is 0 Å². The zero-order chi connectivity index (χ0) is 10.3. The molecule has 2 unspecified atom stereocenters. The maximum atomic E-state index is 13.4. The highest BCUT2D eigenvalue weighted by molar-refractivity contribution is 5.34. The van der Waals surface area contributed by atoms with E-state index in [0.717, 1.165) is 12.5 Å². The Morgan fingerprint density at radius 2 is 2.21 bits per heavy atom. The van der Waals surface area contributed by atoms with Crippen LogP contribution in [0.3, 0.4) is 0 Å². The molecule has 1 saturated carbocycles. The largest absolute Gasteiger partial charge is 0.330 e. The average molecular weight is 197 g/mol. The molecular weight excluding hydrogens is 184 g/mol. The molecule has 0 heterocycles. The van der Waals surface area contributed by atoms with E-state index in [1.165, 1.54) is 0 Å². The number of benzene rings is 1. The van der Waals surface area contributed by atoms with Gasteiger partial charge in [0.25, 0.3) is 0 Å². The van der Waals surface area contributed by atoms with Crippen molar-refractivity contribution in [2.75, 3.05) is 6.54 Å². The fourth-order valence-electron chi connectivity index (χ4n) is 2.07. The fourth-order valence-corrected chi connectivity index (χ4v) is 2.07. The van der Waals surface area contributed by atoms with Gasteiger partial charge in [-0.05, 0) is 35.9 Å². The monoisotopic (exact) mass is 197 g/mol. The minimum absolute atomic E-state index is 0.249. The first-order chi connectivity index (χ1) is 6.59. The summed E-state index contributed by atoms with van der Waals surface area (Å²) in [5.74, 6) is -1.20. The highest BCUT2D eigenvalue weighted by atomic mass is 19.2. The molecule has 0 aromatic heterocycles. The summed E-state index contributed by atoms with van der Waals surface area (Å²) in [4.78, 5) is 0. The molecule has 1 aliphatic rings. The van der Waals surface area contributed by atoms with Crippen LogP contribution in [0.15, 0.2) is 18.2 Å². The maximum Gasteiger partial charge on any atom is 0.162 e. The molecule has 76 valence electrons. The number of halogens is 2. The molecule has 0 radical (unpaired) electrons. The number of nitrogens with two attached hydrogens (primary N) is 1. The summed E-state index contributed by atoms with van der Waals surface area (Å²) in [6.45, 7) is 2.47. The first-order valence-corrected chi connectivity index (χ1v) is 4.74. The van der Waals surface area contributed by atoms with Crippen LogP contribution in [0.5, 0.6) is 0 Å². The lowest BCUT2D eigenvalue weighted by atomic mass is 9.95. The summed E-state index contributed by atoms with van der Waals surface area (Å²) in [6, 6.07) is 4.33. The molecule has 2 N–H and O–H groups in total. The predicted octanol–water partition coefficient (Wildman–Crippen LogP) is 2.20. The molecule has 0 aliphatic heterocycles. The van der Waals surface area contributed by atoms with Gasteiger partial charge in [0.15, 0.2) is 11.6 Å². The first-order valence-electron chi connectivity index (χ1n) is 4.74. The van der Waals surface area contributed by atoms with E-state index in [-0.39, 0.29) is 5.41 Å². The lowest BCUT2D eigenvalue weighted by Crippen LogP contribution is -2.13. The van der Waals surface area contributed by atoms with Crippen molar-refractivity contribution < 1.29 is 8.78 Å². The van der Waals surface area contributed by atoms with Gasteiger partial charge in [-0.2, -0.15) is 0 Å². The minimum atomic E-state index is -0.772. The van der Waals surface area contributed by atoms with Crippen LogP contribution in [-0.4, -0.2) is 6.54 Å². The van der Waals surface area contributed by atoms with Gasteiger partial charge < -0.3 is 5.73 Å². The maximum absolute atomic E-state index is 13.4. The topological polar surface area (TPSA) is 26.0 Å². The molecule has 1 aromatic carbocycles. The Hall–Kier alpha value is -0.960. The summed E-state index contributed by atoms with van der Waals surface area (Å²) in [5, 5.41) is 0. The fraction of sp³-hybridized carbons (Fsp3) is 0.455. The van der Waals surface area contributed by atoms with Crippen molar-refractivity contribution in [3.05, 3.63) is 35.4 Å². The Balaban J connectivity index is 2.39. The van der Waals surface area contributed by atoms with E-state index in [1.807, 2.05) is 6.92 Å². The quantitative estimate of drug-likeness (QED) is 0.772. The van der Waals surface area contributed by atoms with Crippen LogP contribution in [-0.2, 0) is 5.41 Å².